The first-order valence-corrected chi connectivity index (χ1v) is 6.82. The van der Waals surface area contributed by atoms with Gasteiger partial charge in [0.1, 0.15) is 11.7 Å². The van der Waals surface area contributed by atoms with E-state index in [0.29, 0.717) is 5.69 Å². The van der Waals surface area contributed by atoms with Crippen LogP contribution in [0.2, 0.25) is 0 Å². The number of carboxylic acids is 1. The molecule has 1 atom stereocenters. The maximum absolute atomic E-state index is 11.7. The summed E-state index contributed by atoms with van der Waals surface area (Å²) < 4.78 is 0. The van der Waals surface area contributed by atoms with Crippen molar-refractivity contribution in [2.75, 3.05) is 11.9 Å². The lowest BCUT2D eigenvalue weighted by Crippen LogP contribution is -2.44. The van der Waals surface area contributed by atoms with Gasteiger partial charge in [-0.25, -0.2) is 4.79 Å². The number of nitro benzene ring substituents is 1. The molecule has 3 N–H and O–H groups in total. The number of amides is 1. The molecule has 22 heavy (non-hydrogen) atoms. The average Bonchev–Trinajstić information content (AvgIpc) is 2.44. The van der Waals surface area contributed by atoms with E-state index in [0.717, 1.165) is 0 Å². The van der Waals surface area contributed by atoms with E-state index in [-0.39, 0.29) is 24.6 Å². The largest absolute Gasteiger partial charge is 0.480 e. The number of anilines is 1. The predicted molar refractivity (Wildman–Crippen MR) is 80.6 cm³/mol. The van der Waals surface area contributed by atoms with Gasteiger partial charge in [-0.15, -0.1) is 0 Å². The lowest BCUT2D eigenvalue weighted by molar-refractivity contribution is -0.384. The number of hydrogen-bond acceptors (Lipinski definition) is 5. The first-order valence-electron chi connectivity index (χ1n) is 6.82. The van der Waals surface area contributed by atoms with E-state index in [1.54, 1.807) is 32.0 Å². The minimum atomic E-state index is -1.09. The number of rotatable bonds is 8. The average molecular weight is 309 g/mol. The summed E-state index contributed by atoms with van der Waals surface area (Å²) in [6, 6.07) is 5.16. The highest BCUT2D eigenvalue weighted by atomic mass is 16.6. The number of carbonyl (C=O) groups excluding carboxylic acids is 1. The standard InChI is InChI=1S/C14H19N3O5/c1-9(2)13(14(19)20)16-12(18)7-8-15-10-5-3-4-6-11(10)17(21)22/h3-6,9,13,15H,7-8H2,1-2H3,(H,16,18)(H,19,20). The maximum atomic E-state index is 11.7. The van der Waals surface area contributed by atoms with E-state index in [1.165, 1.54) is 6.07 Å². The minimum absolute atomic E-state index is 0.0164. The molecule has 120 valence electrons. The Morgan fingerprint density at radius 1 is 1.32 bits per heavy atom. The molecule has 8 heteroatoms. The Morgan fingerprint density at radius 2 is 1.95 bits per heavy atom. The third-order valence-electron chi connectivity index (χ3n) is 3.02. The van der Waals surface area contributed by atoms with E-state index in [4.69, 9.17) is 5.11 Å². The molecule has 1 aromatic rings. The number of carbonyl (C=O) groups is 2. The lowest BCUT2D eigenvalue weighted by Gasteiger charge is -2.18. The van der Waals surface area contributed by atoms with Crippen molar-refractivity contribution in [2.24, 2.45) is 5.92 Å². The Morgan fingerprint density at radius 3 is 2.50 bits per heavy atom. The van der Waals surface area contributed by atoms with Gasteiger partial charge in [0.25, 0.3) is 5.69 Å². The van der Waals surface area contributed by atoms with E-state index in [1.807, 2.05) is 0 Å². The molecule has 0 radical (unpaired) electrons. The van der Waals surface area contributed by atoms with Crippen molar-refractivity contribution in [1.82, 2.24) is 5.32 Å². The van der Waals surface area contributed by atoms with Crippen molar-refractivity contribution in [3.63, 3.8) is 0 Å². The van der Waals surface area contributed by atoms with Crippen LogP contribution in [-0.4, -0.2) is 34.5 Å². The van der Waals surface area contributed by atoms with Gasteiger partial charge in [0, 0.05) is 19.0 Å². The van der Waals surface area contributed by atoms with Gasteiger partial charge in [-0.2, -0.15) is 0 Å². The summed E-state index contributed by atoms with van der Waals surface area (Å²) in [5, 5.41) is 25.1. The Hall–Kier alpha value is -2.64. The second-order valence-corrected chi connectivity index (χ2v) is 5.08. The number of nitrogens with one attached hydrogen (secondary N) is 2. The molecule has 0 bridgehead atoms. The molecular formula is C14H19N3O5. The first-order chi connectivity index (χ1) is 10.3. The molecule has 0 aromatic heterocycles. The molecule has 0 aliphatic carbocycles. The van der Waals surface area contributed by atoms with Crippen LogP contribution in [0.1, 0.15) is 20.3 Å². The van der Waals surface area contributed by atoms with E-state index in [9.17, 15) is 19.7 Å². The molecule has 0 spiro atoms. The third kappa shape index (κ3) is 5.04. The summed E-state index contributed by atoms with van der Waals surface area (Å²) >= 11 is 0. The number of para-hydroxylation sites is 2. The van der Waals surface area contributed by atoms with Gasteiger partial charge in [0.2, 0.25) is 5.91 Å². The quantitative estimate of drug-likeness (QED) is 0.495. The van der Waals surface area contributed by atoms with Gasteiger partial charge in [-0.05, 0) is 12.0 Å². The highest BCUT2D eigenvalue weighted by Crippen LogP contribution is 2.22. The maximum Gasteiger partial charge on any atom is 0.326 e. The third-order valence-corrected chi connectivity index (χ3v) is 3.02. The summed E-state index contributed by atoms with van der Waals surface area (Å²) in [5.41, 5.74) is 0.243. The summed E-state index contributed by atoms with van der Waals surface area (Å²) in [7, 11) is 0. The van der Waals surface area contributed by atoms with Gasteiger partial charge < -0.3 is 15.7 Å². The number of aliphatic carboxylic acids is 1. The number of nitro groups is 1. The molecule has 0 saturated carbocycles. The van der Waals surface area contributed by atoms with Crippen molar-refractivity contribution in [2.45, 2.75) is 26.3 Å². The Labute approximate surface area is 127 Å². The van der Waals surface area contributed by atoms with Gasteiger partial charge in [0.15, 0.2) is 0 Å². The summed E-state index contributed by atoms with van der Waals surface area (Å²) in [6.45, 7) is 3.57. The zero-order valence-corrected chi connectivity index (χ0v) is 12.4. The van der Waals surface area contributed by atoms with Crippen LogP contribution in [0.4, 0.5) is 11.4 Å². The van der Waals surface area contributed by atoms with Crippen LogP contribution in [0.15, 0.2) is 24.3 Å². The van der Waals surface area contributed by atoms with Crippen LogP contribution < -0.4 is 10.6 Å². The Bertz CT molecular complexity index is 559. The van der Waals surface area contributed by atoms with Crippen LogP contribution in [0.5, 0.6) is 0 Å². The first kappa shape index (κ1) is 17.4. The topological polar surface area (TPSA) is 122 Å². The van der Waals surface area contributed by atoms with Crippen LogP contribution in [0.25, 0.3) is 0 Å². The second kappa shape index (κ2) is 7.96. The van der Waals surface area contributed by atoms with E-state index < -0.39 is 22.8 Å². The van der Waals surface area contributed by atoms with Crippen molar-refractivity contribution in [3.05, 3.63) is 34.4 Å². The molecule has 0 saturated heterocycles. The molecular weight excluding hydrogens is 290 g/mol. The normalized spacial score (nSPS) is 11.8. The number of carboxylic acid groups (broad SMARTS) is 1. The summed E-state index contributed by atoms with van der Waals surface area (Å²) in [4.78, 5) is 33.0. The number of hydrogen-bond donors (Lipinski definition) is 3. The van der Waals surface area contributed by atoms with Gasteiger partial charge in [-0.1, -0.05) is 26.0 Å². The van der Waals surface area contributed by atoms with Gasteiger partial charge >= 0.3 is 5.97 Å². The molecule has 8 nitrogen and oxygen atoms in total. The molecule has 1 aromatic carbocycles. The molecule has 0 fully saturated rings. The van der Waals surface area contributed by atoms with E-state index >= 15 is 0 Å². The highest BCUT2D eigenvalue weighted by molar-refractivity contribution is 5.84. The zero-order chi connectivity index (χ0) is 16.7. The van der Waals surface area contributed by atoms with Crippen LogP contribution in [0.3, 0.4) is 0 Å². The molecule has 0 aliphatic heterocycles. The molecule has 1 rings (SSSR count). The number of benzene rings is 1. The predicted octanol–water partition coefficient (Wildman–Crippen LogP) is 1.62. The highest BCUT2D eigenvalue weighted by Gasteiger charge is 2.23. The molecule has 0 aliphatic rings. The van der Waals surface area contributed by atoms with Gasteiger partial charge in [0.05, 0.1) is 4.92 Å². The number of nitrogens with zero attached hydrogens (tertiary/aromatic N) is 1. The van der Waals surface area contributed by atoms with Crippen molar-refractivity contribution in [3.8, 4) is 0 Å². The second-order valence-electron chi connectivity index (χ2n) is 5.08. The van der Waals surface area contributed by atoms with Crippen molar-refractivity contribution < 1.29 is 19.6 Å². The zero-order valence-electron chi connectivity index (χ0n) is 12.4. The van der Waals surface area contributed by atoms with Crippen LogP contribution in [-0.2, 0) is 9.59 Å². The smallest absolute Gasteiger partial charge is 0.326 e. The fourth-order valence-electron chi connectivity index (χ4n) is 1.85. The SMILES string of the molecule is CC(C)C(NC(=O)CCNc1ccccc1[N+](=O)[O-])C(=O)O. The van der Waals surface area contributed by atoms with Crippen molar-refractivity contribution >= 4 is 23.3 Å². The monoisotopic (exact) mass is 309 g/mol. The molecule has 0 heterocycles. The summed E-state index contributed by atoms with van der Waals surface area (Å²) in [5.74, 6) is -1.74. The minimum Gasteiger partial charge on any atom is -0.480 e. The van der Waals surface area contributed by atoms with Crippen LogP contribution >= 0.6 is 0 Å². The Balaban J connectivity index is 2.52. The fraction of sp³-hybridized carbons (Fsp3) is 0.429. The molecule has 1 amide bonds. The molecule has 1 unspecified atom stereocenters. The summed E-state index contributed by atoms with van der Waals surface area (Å²) in [6.07, 6.45) is 0.0164. The Kier molecular flexibility index (Phi) is 6.30. The van der Waals surface area contributed by atoms with Crippen molar-refractivity contribution in [1.29, 1.82) is 0 Å². The van der Waals surface area contributed by atoms with E-state index in [2.05, 4.69) is 10.6 Å². The van der Waals surface area contributed by atoms with Gasteiger partial charge in [-0.3, -0.25) is 14.9 Å². The lowest BCUT2D eigenvalue weighted by atomic mass is 10.0. The van der Waals surface area contributed by atoms with Crippen LogP contribution in [0, 0.1) is 16.0 Å². The fourth-order valence-corrected chi connectivity index (χ4v) is 1.85.